The first-order valence-electron chi connectivity index (χ1n) is 7.11. The first-order chi connectivity index (χ1) is 9.83. The van der Waals surface area contributed by atoms with E-state index < -0.39 is 0 Å². The van der Waals surface area contributed by atoms with Crippen LogP contribution >= 0.6 is 11.3 Å². The second-order valence-corrected chi connectivity index (χ2v) is 6.55. The van der Waals surface area contributed by atoms with Gasteiger partial charge in [0.1, 0.15) is 0 Å². The molecule has 0 saturated heterocycles. The standard InChI is InChI=1S/C18H17NS/c19-17(16-9-12-5-1-2-6-14(12)16)10-13-11-20-18-8-4-3-7-15(13)18/h1-8,11,16-17H,9-10,19H2. The molecular formula is C18H17NS. The van der Waals surface area contributed by atoms with E-state index in [-0.39, 0.29) is 6.04 Å². The van der Waals surface area contributed by atoms with Crippen LogP contribution in [0.2, 0.25) is 0 Å². The van der Waals surface area contributed by atoms with Crippen LogP contribution in [0.4, 0.5) is 0 Å². The summed E-state index contributed by atoms with van der Waals surface area (Å²) in [7, 11) is 0. The molecule has 2 atom stereocenters. The maximum atomic E-state index is 6.48. The van der Waals surface area contributed by atoms with E-state index in [4.69, 9.17) is 5.73 Å². The predicted molar refractivity (Wildman–Crippen MR) is 86.4 cm³/mol. The monoisotopic (exact) mass is 279 g/mol. The largest absolute Gasteiger partial charge is 0.327 e. The van der Waals surface area contributed by atoms with E-state index in [1.54, 1.807) is 0 Å². The fourth-order valence-corrected chi connectivity index (χ4v) is 4.24. The summed E-state index contributed by atoms with van der Waals surface area (Å²) in [5.41, 5.74) is 10.8. The lowest BCUT2D eigenvalue weighted by molar-refractivity contribution is 0.482. The molecule has 1 aromatic heterocycles. The molecule has 2 heteroatoms. The third-order valence-electron chi connectivity index (χ3n) is 4.43. The van der Waals surface area contributed by atoms with Crippen LogP contribution in [0.5, 0.6) is 0 Å². The Balaban J connectivity index is 1.58. The minimum absolute atomic E-state index is 0.225. The summed E-state index contributed by atoms with van der Waals surface area (Å²) in [6, 6.07) is 17.5. The lowest BCUT2D eigenvalue weighted by Gasteiger charge is -2.34. The maximum Gasteiger partial charge on any atom is 0.0345 e. The third-order valence-corrected chi connectivity index (χ3v) is 5.44. The number of benzene rings is 2. The summed E-state index contributed by atoms with van der Waals surface area (Å²) in [6.45, 7) is 0. The lowest BCUT2D eigenvalue weighted by atomic mass is 9.72. The van der Waals surface area contributed by atoms with Crippen molar-refractivity contribution in [3.8, 4) is 0 Å². The van der Waals surface area contributed by atoms with Crippen molar-refractivity contribution < 1.29 is 0 Å². The minimum atomic E-state index is 0.225. The molecule has 20 heavy (non-hydrogen) atoms. The Morgan fingerprint density at radius 1 is 1.10 bits per heavy atom. The highest BCUT2D eigenvalue weighted by molar-refractivity contribution is 7.17. The molecule has 0 radical (unpaired) electrons. The zero-order chi connectivity index (χ0) is 13.5. The maximum absolute atomic E-state index is 6.48. The summed E-state index contributed by atoms with van der Waals surface area (Å²) >= 11 is 1.82. The molecule has 1 aliphatic carbocycles. The van der Waals surface area contributed by atoms with Crippen LogP contribution in [0.3, 0.4) is 0 Å². The van der Waals surface area contributed by atoms with Crippen molar-refractivity contribution in [1.82, 2.24) is 0 Å². The molecule has 2 unspecified atom stereocenters. The number of rotatable bonds is 3. The molecule has 2 aromatic carbocycles. The van der Waals surface area contributed by atoms with Gasteiger partial charge in [-0.05, 0) is 46.4 Å². The van der Waals surface area contributed by atoms with Gasteiger partial charge in [0.15, 0.2) is 0 Å². The molecule has 0 spiro atoms. The number of hydrogen-bond acceptors (Lipinski definition) is 2. The van der Waals surface area contributed by atoms with Crippen molar-refractivity contribution in [1.29, 1.82) is 0 Å². The molecule has 1 aliphatic rings. The molecular weight excluding hydrogens is 262 g/mol. The van der Waals surface area contributed by atoms with Crippen molar-refractivity contribution >= 4 is 21.4 Å². The number of thiophene rings is 1. The van der Waals surface area contributed by atoms with E-state index in [1.165, 1.54) is 26.8 Å². The van der Waals surface area contributed by atoms with Gasteiger partial charge < -0.3 is 5.73 Å². The highest BCUT2D eigenvalue weighted by Gasteiger charge is 2.30. The average Bonchev–Trinajstić information content (AvgIpc) is 2.84. The van der Waals surface area contributed by atoms with Crippen LogP contribution in [0.15, 0.2) is 53.9 Å². The van der Waals surface area contributed by atoms with E-state index in [1.807, 2.05) is 11.3 Å². The Hall–Kier alpha value is -1.64. The second-order valence-electron chi connectivity index (χ2n) is 5.63. The smallest absolute Gasteiger partial charge is 0.0345 e. The van der Waals surface area contributed by atoms with Gasteiger partial charge in [0.2, 0.25) is 0 Å². The summed E-state index contributed by atoms with van der Waals surface area (Å²) in [5, 5.41) is 3.65. The molecule has 0 fully saturated rings. The first kappa shape index (κ1) is 12.1. The van der Waals surface area contributed by atoms with Gasteiger partial charge in [-0.2, -0.15) is 0 Å². The number of nitrogens with two attached hydrogens (primary N) is 1. The van der Waals surface area contributed by atoms with E-state index >= 15 is 0 Å². The molecule has 100 valence electrons. The minimum Gasteiger partial charge on any atom is -0.327 e. The average molecular weight is 279 g/mol. The Morgan fingerprint density at radius 2 is 1.90 bits per heavy atom. The molecule has 1 heterocycles. The van der Waals surface area contributed by atoms with Gasteiger partial charge in [-0.1, -0.05) is 42.5 Å². The second kappa shape index (κ2) is 4.72. The lowest BCUT2D eigenvalue weighted by Crippen LogP contribution is -2.37. The van der Waals surface area contributed by atoms with Crippen molar-refractivity contribution in [3.63, 3.8) is 0 Å². The van der Waals surface area contributed by atoms with Gasteiger partial charge in [0.05, 0.1) is 0 Å². The molecule has 0 saturated carbocycles. The highest BCUT2D eigenvalue weighted by Crippen LogP contribution is 2.38. The van der Waals surface area contributed by atoms with Crippen LogP contribution in [0, 0.1) is 0 Å². The Kier molecular flexibility index (Phi) is 2.86. The summed E-state index contributed by atoms with van der Waals surface area (Å²) in [6.07, 6.45) is 2.11. The topological polar surface area (TPSA) is 26.0 Å². The van der Waals surface area contributed by atoms with Gasteiger partial charge in [-0.15, -0.1) is 11.3 Å². The SMILES string of the molecule is NC(Cc1csc2ccccc12)C1Cc2ccccc21. The van der Waals surface area contributed by atoms with Crippen LogP contribution < -0.4 is 5.73 Å². The molecule has 0 amide bonds. The van der Waals surface area contributed by atoms with Crippen molar-refractivity contribution in [3.05, 3.63) is 70.6 Å². The first-order valence-corrected chi connectivity index (χ1v) is 7.99. The summed E-state index contributed by atoms with van der Waals surface area (Å²) in [4.78, 5) is 0. The molecule has 3 aromatic rings. The van der Waals surface area contributed by atoms with Crippen molar-refractivity contribution in [2.24, 2.45) is 5.73 Å². The van der Waals surface area contributed by atoms with Gasteiger partial charge >= 0.3 is 0 Å². The molecule has 0 aliphatic heterocycles. The zero-order valence-electron chi connectivity index (χ0n) is 11.3. The normalized spacial score (nSPS) is 18.6. The molecule has 1 nitrogen and oxygen atoms in total. The van der Waals surface area contributed by atoms with Gasteiger partial charge in [-0.3, -0.25) is 0 Å². The van der Waals surface area contributed by atoms with E-state index in [2.05, 4.69) is 53.9 Å². The fourth-order valence-electron chi connectivity index (χ4n) is 3.27. The third kappa shape index (κ3) is 1.88. The number of fused-ring (bicyclic) bond motifs is 2. The van der Waals surface area contributed by atoms with Crippen molar-refractivity contribution in [2.45, 2.75) is 24.8 Å². The highest BCUT2D eigenvalue weighted by atomic mass is 32.1. The zero-order valence-corrected chi connectivity index (χ0v) is 12.1. The number of hydrogen-bond donors (Lipinski definition) is 1. The van der Waals surface area contributed by atoms with Crippen LogP contribution in [0.25, 0.3) is 10.1 Å². The summed E-state index contributed by atoms with van der Waals surface area (Å²) < 4.78 is 1.36. The Labute approximate surface area is 123 Å². The Morgan fingerprint density at radius 3 is 2.80 bits per heavy atom. The van der Waals surface area contributed by atoms with E-state index in [0.29, 0.717) is 5.92 Å². The van der Waals surface area contributed by atoms with Crippen LogP contribution in [-0.4, -0.2) is 6.04 Å². The van der Waals surface area contributed by atoms with E-state index in [0.717, 1.165) is 12.8 Å². The predicted octanol–water partition coefficient (Wildman–Crippen LogP) is 4.11. The molecule has 4 rings (SSSR count). The molecule has 0 bridgehead atoms. The van der Waals surface area contributed by atoms with Crippen molar-refractivity contribution in [2.75, 3.05) is 0 Å². The van der Waals surface area contributed by atoms with E-state index in [9.17, 15) is 0 Å². The van der Waals surface area contributed by atoms with Gasteiger partial charge in [0, 0.05) is 16.7 Å². The summed E-state index contributed by atoms with van der Waals surface area (Å²) in [5.74, 6) is 0.532. The fraction of sp³-hybridized carbons (Fsp3) is 0.222. The van der Waals surface area contributed by atoms with Crippen LogP contribution in [-0.2, 0) is 12.8 Å². The molecule has 2 N–H and O–H groups in total. The van der Waals surface area contributed by atoms with Gasteiger partial charge in [-0.25, -0.2) is 0 Å². The van der Waals surface area contributed by atoms with Gasteiger partial charge in [0.25, 0.3) is 0 Å². The Bertz CT molecular complexity index is 759. The quantitative estimate of drug-likeness (QED) is 0.767. The van der Waals surface area contributed by atoms with Crippen LogP contribution in [0.1, 0.15) is 22.6 Å².